The normalized spacial score (nSPS) is 20.0. The van der Waals surface area contributed by atoms with E-state index in [1.54, 1.807) is 11.8 Å². The molecule has 1 aromatic rings. The number of likely N-dealkylation sites (tertiary alicyclic amines) is 1. The molecule has 1 N–H and O–H groups in total. The minimum atomic E-state index is 0.103. The van der Waals surface area contributed by atoms with Crippen LogP contribution in [0.25, 0.3) is 0 Å². The second-order valence-corrected chi connectivity index (χ2v) is 7.71. The number of nitrogens with zero attached hydrogens (tertiary/aromatic N) is 3. The molecule has 2 heterocycles. The maximum Gasteiger partial charge on any atom is 0.229 e. The molecule has 0 spiro atoms. The first-order chi connectivity index (χ1) is 9.81. The molecular weight excluding hydrogens is 292 g/mol. The lowest BCUT2D eigenvalue weighted by Crippen LogP contribution is -2.31. The molecule has 5 nitrogen and oxygen atoms in total. The molecule has 1 aromatic heterocycles. The summed E-state index contributed by atoms with van der Waals surface area (Å²) in [7, 11) is 0. The highest BCUT2D eigenvalue weighted by atomic mass is 32.2. The monoisotopic (exact) mass is 312 g/mol. The van der Waals surface area contributed by atoms with E-state index in [-0.39, 0.29) is 11.8 Å². The van der Waals surface area contributed by atoms with Crippen molar-refractivity contribution in [2.45, 2.75) is 36.4 Å². The van der Waals surface area contributed by atoms with E-state index >= 15 is 0 Å². The van der Waals surface area contributed by atoms with Gasteiger partial charge in [-0.25, -0.2) is 0 Å². The van der Waals surface area contributed by atoms with E-state index in [2.05, 4.69) is 20.4 Å². The van der Waals surface area contributed by atoms with Gasteiger partial charge in [0.05, 0.1) is 0 Å². The zero-order valence-corrected chi connectivity index (χ0v) is 13.1. The van der Waals surface area contributed by atoms with Crippen molar-refractivity contribution in [1.82, 2.24) is 15.1 Å². The molecule has 20 heavy (non-hydrogen) atoms. The topological polar surface area (TPSA) is 58.1 Å². The number of carbonyl (C=O) groups is 1. The number of thioether (sulfide) groups is 1. The fourth-order valence-corrected chi connectivity index (χ4v) is 4.14. The highest BCUT2D eigenvalue weighted by Gasteiger charge is 2.30. The van der Waals surface area contributed by atoms with Gasteiger partial charge in [-0.15, -0.1) is 10.2 Å². The molecule has 0 atom stereocenters. The zero-order valence-electron chi connectivity index (χ0n) is 11.5. The van der Waals surface area contributed by atoms with Crippen LogP contribution in [0, 0.1) is 5.92 Å². The van der Waals surface area contributed by atoms with Gasteiger partial charge in [-0.05, 0) is 38.8 Å². The van der Waals surface area contributed by atoms with Gasteiger partial charge >= 0.3 is 0 Å². The Bertz CT molecular complexity index is 455. The SMILES string of the molecule is O=C(Nc1nnc(SCCN2CCCCC2)s1)C1CC1. The number of anilines is 1. The summed E-state index contributed by atoms with van der Waals surface area (Å²) in [5.74, 6) is 1.37. The molecule has 1 aliphatic heterocycles. The average molecular weight is 312 g/mol. The average Bonchev–Trinajstić information content (AvgIpc) is 3.23. The summed E-state index contributed by atoms with van der Waals surface area (Å²) in [6.07, 6.45) is 6.08. The van der Waals surface area contributed by atoms with Crippen LogP contribution in [-0.2, 0) is 4.79 Å². The molecule has 2 fully saturated rings. The lowest BCUT2D eigenvalue weighted by molar-refractivity contribution is -0.117. The van der Waals surface area contributed by atoms with E-state index in [4.69, 9.17) is 0 Å². The van der Waals surface area contributed by atoms with Crippen LogP contribution in [0.3, 0.4) is 0 Å². The van der Waals surface area contributed by atoms with Crippen LogP contribution >= 0.6 is 23.1 Å². The van der Waals surface area contributed by atoms with Crippen LogP contribution in [-0.4, -0.2) is 46.4 Å². The number of nitrogens with one attached hydrogen (secondary N) is 1. The highest BCUT2D eigenvalue weighted by Crippen LogP contribution is 2.31. The van der Waals surface area contributed by atoms with Gasteiger partial charge in [0.1, 0.15) is 0 Å². The number of hydrogen-bond donors (Lipinski definition) is 1. The minimum absolute atomic E-state index is 0.103. The predicted octanol–water partition coefficient (Wildman–Crippen LogP) is 2.46. The Morgan fingerprint density at radius 3 is 2.85 bits per heavy atom. The third-order valence-corrected chi connectivity index (χ3v) is 5.62. The molecule has 1 saturated heterocycles. The summed E-state index contributed by atoms with van der Waals surface area (Å²) in [6.45, 7) is 3.59. The van der Waals surface area contributed by atoms with Crippen molar-refractivity contribution >= 4 is 34.1 Å². The van der Waals surface area contributed by atoms with E-state index < -0.39 is 0 Å². The van der Waals surface area contributed by atoms with Crippen LogP contribution in [0.5, 0.6) is 0 Å². The van der Waals surface area contributed by atoms with E-state index in [0.29, 0.717) is 5.13 Å². The van der Waals surface area contributed by atoms with Crippen LogP contribution in [0.2, 0.25) is 0 Å². The molecule has 7 heteroatoms. The fourth-order valence-electron chi connectivity index (χ4n) is 2.32. The molecule has 1 saturated carbocycles. The largest absolute Gasteiger partial charge is 0.303 e. The summed E-state index contributed by atoms with van der Waals surface area (Å²) < 4.78 is 0.952. The molecule has 2 aliphatic rings. The Hall–Kier alpha value is -0.660. The maximum atomic E-state index is 11.6. The van der Waals surface area contributed by atoms with Gasteiger partial charge in [-0.1, -0.05) is 29.5 Å². The minimum Gasteiger partial charge on any atom is -0.303 e. The lowest BCUT2D eigenvalue weighted by atomic mass is 10.1. The van der Waals surface area contributed by atoms with Crippen molar-refractivity contribution in [2.75, 3.05) is 30.7 Å². The number of piperidine rings is 1. The number of carbonyl (C=O) groups excluding carboxylic acids is 1. The number of amides is 1. The van der Waals surface area contributed by atoms with Gasteiger partial charge in [-0.3, -0.25) is 4.79 Å². The molecule has 0 bridgehead atoms. The standard InChI is InChI=1S/C13H20N4OS2/c18-11(10-4-5-10)14-12-15-16-13(20-12)19-9-8-17-6-2-1-3-7-17/h10H,1-9H2,(H,14,15,18). The third kappa shape index (κ3) is 4.17. The Kier molecular flexibility index (Phi) is 4.90. The van der Waals surface area contributed by atoms with Crippen molar-refractivity contribution in [3.63, 3.8) is 0 Å². The predicted molar refractivity (Wildman–Crippen MR) is 82.3 cm³/mol. The fraction of sp³-hybridized carbons (Fsp3) is 0.769. The van der Waals surface area contributed by atoms with Crippen molar-refractivity contribution in [1.29, 1.82) is 0 Å². The van der Waals surface area contributed by atoms with Gasteiger partial charge in [0.2, 0.25) is 11.0 Å². The summed E-state index contributed by atoms with van der Waals surface area (Å²) in [4.78, 5) is 14.1. The quantitative estimate of drug-likeness (QED) is 0.646. The van der Waals surface area contributed by atoms with Crippen LogP contribution in [0.1, 0.15) is 32.1 Å². The molecule has 110 valence electrons. The molecule has 0 aromatic carbocycles. The van der Waals surface area contributed by atoms with Gasteiger partial charge in [0.15, 0.2) is 4.34 Å². The van der Waals surface area contributed by atoms with Crippen LogP contribution in [0.4, 0.5) is 5.13 Å². The van der Waals surface area contributed by atoms with E-state index in [1.165, 1.54) is 43.7 Å². The Morgan fingerprint density at radius 1 is 1.30 bits per heavy atom. The second kappa shape index (κ2) is 6.87. The zero-order chi connectivity index (χ0) is 13.8. The van der Waals surface area contributed by atoms with E-state index in [1.807, 2.05) is 0 Å². The number of hydrogen-bond acceptors (Lipinski definition) is 6. The van der Waals surface area contributed by atoms with Crippen molar-refractivity contribution < 1.29 is 4.79 Å². The molecule has 1 aliphatic carbocycles. The first kappa shape index (κ1) is 14.3. The first-order valence-corrected chi connectivity index (χ1v) is 9.11. The second-order valence-electron chi connectivity index (χ2n) is 5.39. The highest BCUT2D eigenvalue weighted by molar-refractivity contribution is 8.01. The molecular formula is C13H20N4OS2. The molecule has 0 unspecified atom stereocenters. The van der Waals surface area contributed by atoms with Crippen molar-refractivity contribution in [2.24, 2.45) is 5.92 Å². The van der Waals surface area contributed by atoms with Gasteiger partial charge in [-0.2, -0.15) is 0 Å². The summed E-state index contributed by atoms with van der Waals surface area (Å²) in [5, 5.41) is 11.7. The molecule has 0 radical (unpaired) electrons. The summed E-state index contributed by atoms with van der Waals surface area (Å²) >= 11 is 3.22. The van der Waals surface area contributed by atoms with Crippen molar-refractivity contribution in [3.8, 4) is 0 Å². The molecule has 3 rings (SSSR count). The van der Waals surface area contributed by atoms with Gasteiger partial charge < -0.3 is 10.2 Å². The lowest BCUT2D eigenvalue weighted by Gasteiger charge is -2.25. The van der Waals surface area contributed by atoms with Gasteiger partial charge in [0, 0.05) is 18.2 Å². The summed E-state index contributed by atoms with van der Waals surface area (Å²) in [5.41, 5.74) is 0. The molecule has 1 amide bonds. The Balaban J connectivity index is 1.39. The summed E-state index contributed by atoms with van der Waals surface area (Å²) in [6, 6.07) is 0. The maximum absolute atomic E-state index is 11.6. The smallest absolute Gasteiger partial charge is 0.229 e. The van der Waals surface area contributed by atoms with Gasteiger partial charge in [0.25, 0.3) is 0 Å². The Morgan fingerprint density at radius 2 is 2.10 bits per heavy atom. The number of aromatic nitrogens is 2. The van der Waals surface area contributed by atoms with Crippen molar-refractivity contribution in [3.05, 3.63) is 0 Å². The van der Waals surface area contributed by atoms with E-state index in [9.17, 15) is 4.79 Å². The third-order valence-electron chi connectivity index (χ3n) is 3.67. The van der Waals surface area contributed by atoms with E-state index in [0.717, 1.165) is 29.5 Å². The number of rotatable bonds is 6. The van der Waals surface area contributed by atoms with Crippen LogP contribution < -0.4 is 5.32 Å². The van der Waals surface area contributed by atoms with Crippen LogP contribution in [0.15, 0.2) is 4.34 Å². The first-order valence-electron chi connectivity index (χ1n) is 7.31. The Labute approximate surface area is 127 Å².